The Morgan fingerprint density at radius 1 is 1.19 bits per heavy atom. The van der Waals surface area contributed by atoms with E-state index in [-0.39, 0.29) is 12.7 Å². The van der Waals surface area contributed by atoms with Gasteiger partial charge in [-0.15, -0.1) is 10.2 Å². The third-order valence-electron chi connectivity index (χ3n) is 5.76. The number of rotatable bonds is 7. The maximum absolute atomic E-state index is 8.97. The zero-order valence-electron chi connectivity index (χ0n) is 18.0. The Morgan fingerprint density at radius 2 is 2.00 bits per heavy atom. The molecule has 4 rings (SSSR count). The van der Waals surface area contributed by atoms with E-state index in [9.17, 15) is 0 Å². The number of nitrogens with zero attached hydrogens (tertiary/aromatic N) is 4. The van der Waals surface area contributed by atoms with Crippen molar-refractivity contribution in [3.05, 3.63) is 64.0 Å². The van der Waals surface area contributed by atoms with Gasteiger partial charge in [0.25, 0.3) is 0 Å². The number of aryl methyl sites for hydroxylation is 1. The number of nitrogens with one attached hydrogen (secondary N) is 1. The predicted molar refractivity (Wildman–Crippen MR) is 128 cm³/mol. The minimum Gasteiger partial charge on any atom is -0.394 e. The summed E-state index contributed by atoms with van der Waals surface area (Å²) in [5.74, 6) is 1.47. The molecule has 0 bridgehead atoms. The normalized spacial score (nSPS) is 14.5. The van der Waals surface area contributed by atoms with Crippen molar-refractivity contribution in [3.63, 3.8) is 0 Å². The standard InChI is InChI=1S/C24H26ClN5O2/c1-16-3-4-17(13-22(16)25)15-27-23-21-14-18(26-2)5-6-20(21)24(29-28-23)30-9-7-19(8-10-30)32-12-11-31/h3-6,13-14,19,31H,7-12,15H2,1H3,(H,27,28). The summed E-state index contributed by atoms with van der Waals surface area (Å²) in [6, 6.07) is 11.6. The summed E-state index contributed by atoms with van der Waals surface area (Å²) < 4.78 is 5.68. The molecule has 2 heterocycles. The van der Waals surface area contributed by atoms with Gasteiger partial charge in [0.05, 0.1) is 25.9 Å². The second-order valence-electron chi connectivity index (χ2n) is 7.93. The number of halogens is 1. The molecule has 0 aliphatic carbocycles. The minimum atomic E-state index is 0.0446. The Morgan fingerprint density at radius 3 is 2.72 bits per heavy atom. The van der Waals surface area contributed by atoms with Gasteiger partial charge in [-0.3, -0.25) is 0 Å². The first-order valence-electron chi connectivity index (χ1n) is 10.7. The molecule has 166 valence electrons. The lowest BCUT2D eigenvalue weighted by Crippen LogP contribution is -2.38. The predicted octanol–water partition coefficient (Wildman–Crippen LogP) is 4.73. The van der Waals surface area contributed by atoms with Crippen LogP contribution in [0.2, 0.25) is 5.02 Å². The molecular weight excluding hydrogens is 426 g/mol. The third-order valence-corrected chi connectivity index (χ3v) is 6.16. The van der Waals surface area contributed by atoms with Crippen molar-refractivity contribution in [2.45, 2.75) is 32.4 Å². The van der Waals surface area contributed by atoms with Crippen LogP contribution >= 0.6 is 11.6 Å². The zero-order chi connectivity index (χ0) is 22.5. The van der Waals surface area contributed by atoms with Crippen molar-refractivity contribution in [1.82, 2.24) is 10.2 Å². The first kappa shape index (κ1) is 22.3. The number of aliphatic hydroxyl groups excluding tert-OH is 1. The monoisotopic (exact) mass is 451 g/mol. The van der Waals surface area contributed by atoms with Gasteiger partial charge in [-0.25, -0.2) is 4.85 Å². The Bertz CT molecular complexity index is 1140. The van der Waals surface area contributed by atoms with Crippen molar-refractivity contribution in [3.8, 4) is 0 Å². The maximum Gasteiger partial charge on any atom is 0.188 e. The molecule has 8 heteroatoms. The molecule has 0 radical (unpaired) electrons. The Labute approximate surface area is 192 Å². The first-order valence-corrected chi connectivity index (χ1v) is 11.1. The van der Waals surface area contributed by atoms with Gasteiger partial charge in [-0.1, -0.05) is 35.9 Å². The Balaban J connectivity index is 1.58. The molecule has 2 aromatic carbocycles. The van der Waals surface area contributed by atoms with Gasteiger partial charge in [0.15, 0.2) is 17.3 Å². The SMILES string of the molecule is [C-]#[N+]c1ccc2c(N3CCC(OCCO)CC3)nnc(NCc3ccc(C)c(Cl)c3)c2c1. The molecule has 1 saturated heterocycles. The van der Waals surface area contributed by atoms with E-state index in [1.165, 1.54) is 0 Å². The van der Waals surface area contributed by atoms with Crippen molar-refractivity contribution in [2.24, 2.45) is 0 Å². The number of aromatic nitrogens is 2. The number of ether oxygens (including phenoxy) is 1. The van der Waals surface area contributed by atoms with Gasteiger partial charge >= 0.3 is 0 Å². The van der Waals surface area contributed by atoms with Crippen LogP contribution in [0.4, 0.5) is 17.3 Å². The topological polar surface area (TPSA) is 74.9 Å². The molecule has 2 N–H and O–H groups in total. The molecule has 7 nitrogen and oxygen atoms in total. The molecule has 32 heavy (non-hydrogen) atoms. The maximum atomic E-state index is 8.97. The molecule has 1 fully saturated rings. The number of hydrogen-bond acceptors (Lipinski definition) is 6. The van der Waals surface area contributed by atoms with Crippen molar-refractivity contribution in [1.29, 1.82) is 0 Å². The largest absolute Gasteiger partial charge is 0.394 e. The molecule has 0 unspecified atom stereocenters. The fourth-order valence-electron chi connectivity index (χ4n) is 3.95. The van der Waals surface area contributed by atoms with E-state index in [0.29, 0.717) is 24.7 Å². The number of fused-ring (bicyclic) bond motifs is 1. The fraction of sp³-hybridized carbons (Fsp3) is 0.375. The molecular formula is C24H26ClN5O2. The molecule has 3 aromatic rings. The Hall–Kier alpha value is -2.92. The van der Waals surface area contributed by atoms with E-state index >= 15 is 0 Å². The lowest BCUT2D eigenvalue weighted by molar-refractivity contribution is 0.0158. The van der Waals surface area contributed by atoms with Gasteiger partial charge in [0, 0.05) is 35.4 Å². The summed E-state index contributed by atoms with van der Waals surface area (Å²) in [5, 5.41) is 23.9. The van der Waals surface area contributed by atoms with Crippen molar-refractivity contribution >= 4 is 39.7 Å². The average Bonchev–Trinajstić information content (AvgIpc) is 2.83. The molecule has 1 aliphatic rings. The van der Waals surface area contributed by atoms with Crippen LogP contribution in [0.5, 0.6) is 0 Å². The van der Waals surface area contributed by atoms with Crippen LogP contribution in [0.25, 0.3) is 15.6 Å². The van der Waals surface area contributed by atoms with E-state index < -0.39 is 0 Å². The van der Waals surface area contributed by atoms with E-state index in [1.54, 1.807) is 0 Å². The number of anilines is 2. The lowest BCUT2D eigenvalue weighted by atomic mass is 10.1. The quantitative estimate of drug-likeness (QED) is 0.506. The van der Waals surface area contributed by atoms with E-state index in [0.717, 1.165) is 58.7 Å². The second-order valence-corrected chi connectivity index (χ2v) is 8.34. The summed E-state index contributed by atoms with van der Waals surface area (Å²) in [6.07, 6.45) is 1.91. The van der Waals surface area contributed by atoms with Crippen LogP contribution in [0, 0.1) is 13.5 Å². The fourth-order valence-corrected chi connectivity index (χ4v) is 4.15. The highest BCUT2D eigenvalue weighted by atomic mass is 35.5. The highest BCUT2D eigenvalue weighted by molar-refractivity contribution is 6.31. The number of aliphatic hydroxyl groups is 1. The third kappa shape index (κ3) is 4.94. The highest BCUT2D eigenvalue weighted by Gasteiger charge is 2.23. The Kier molecular flexibility index (Phi) is 7.05. The number of benzene rings is 2. The molecule has 1 aromatic heterocycles. The van der Waals surface area contributed by atoms with Crippen LogP contribution in [0.1, 0.15) is 24.0 Å². The van der Waals surface area contributed by atoms with Gasteiger partial charge in [0.1, 0.15) is 0 Å². The summed E-state index contributed by atoms with van der Waals surface area (Å²) >= 11 is 6.26. The second kappa shape index (κ2) is 10.1. The molecule has 0 saturated carbocycles. The summed E-state index contributed by atoms with van der Waals surface area (Å²) in [4.78, 5) is 5.81. The van der Waals surface area contributed by atoms with Gasteiger partial charge in [-0.2, -0.15) is 0 Å². The van der Waals surface area contributed by atoms with Crippen molar-refractivity contribution in [2.75, 3.05) is 36.5 Å². The van der Waals surface area contributed by atoms with Crippen LogP contribution in [0.3, 0.4) is 0 Å². The van der Waals surface area contributed by atoms with Crippen LogP contribution in [-0.2, 0) is 11.3 Å². The number of piperidine rings is 1. The van der Waals surface area contributed by atoms with Gasteiger partial charge in [-0.05, 0) is 43.0 Å². The van der Waals surface area contributed by atoms with Crippen LogP contribution < -0.4 is 10.2 Å². The first-order chi connectivity index (χ1) is 15.6. The van der Waals surface area contributed by atoms with Gasteiger partial charge < -0.3 is 20.1 Å². The van der Waals surface area contributed by atoms with Crippen LogP contribution in [-0.4, -0.2) is 47.7 Å². The summed E-state index contributed by atoms with van der Waals surface area (Å²) in [5.41, 5.74) is 2.65. The van der Waals surface area contributed by atoms with E-state index in [2.05, 4.69) is 25.3 Å². The summed E-state index contributed by atoms with van der Waals surface area (Å²) in [6.45, 7) is 12.0. The molecule has 0 spiro atoms. The minimum absolute atomic E-state index is 0.0446. The molecule has 0 atom stereocenters. The van der Waals surface area contributed by atoms with E-state index in [1.807, 2.05) is 43.3 Å². The van der Waals surface area contributed by atoms with E-state index in [4.69, 9.17) is 28.0 Å². The average molecular weight is 452 g/mol. The molecule has 1 aliphatic heterocycles. The number of hydrogen-bond donors (Lipinski definition) is 2. The highest BCUT2D eigenvalue weighted by Crippen LogP contribution is 2.33. The van der Waals surface area contributed by atoms with Crippen molar-refractivity contribution < 1.29 is 9.84 Å². The van der Waals surface area contributed by atoms with Crippen LogP contribution in [0.15, 0.2) is 36.4 Å². The smallest absolute Gasteiger partial charge is 0.188 e. The van der Waals surface area contributed by atoms with Gasteiger partial charge in [0.2, 0.25) is 0 Å². The molecule has 0 amide bonds. The lowest BCUT2D eigenvalue weighted by Gasteiger charge is -2.33. The summed E-state index contributed by atoms with van der Waals surface area (Å²) in [7, 11) is 0. The zero-order valence-corrected chi connectivity index (χ0v) is 18.8.